The average molecular weight is 256 g/mol. The van der Waals surface area contributed by atoms with Gasteiger partial charge < -0.3 is 4.74 Å². The Kier molecular flexibility index (Phi) is 3.08. The zero-order valence-corrected chi connectivity index (χ0v) is 9.83. The second-order valence-electron chi connectivity index (χ2n) is 3.59. The molecule has 2 unspecified atom stereocenters. The zero-order chi connectivity index (χ0) is 9.97. The van der Waals surface area contributed by atoms with Crippen molar-refractivity contribution in [2.75, 3.05) is 19.0 Å². The molecule has 1 heterocycles. The van der Waals surface area contributed by atoms with Crippen molar-refractivity contribution >= 4 is 15.9 Å². The third-order valence-corrected chi connectivity index (χ3v) is 3.27. The van der Waals surface area contributed by atoms with E-state index in [1.807, 2.05) is 12.1 Å². The van der Waals surface area contributed by atoms with Crippen molar-refractivity contribution in [2.24, 2.45) is 0 Å². The molecule has 0 saturated carbocycles. The standard InChI is InChI=1S/C11H14BrNO/c1-14-11-4-2-3-9(5-11)7-13-8-10(13)6-12/h2-5,10H,6-8H2,1H3. The van der Waals surface area contributed by atoms with E-state index in [0.29, 0.717) is 0 Å². The Labute approximate surface area is 93.0 Å². The highest BCUT2D eigenvalue weighted by Gasteiger charge is 2.32. The summed E-state index contributed by atoms with van der Waals surface area (Å²) < 4.78 is 5.18. The van der Waals surface area contributed by atoms with Gasteiger partial charge in [-0.15, -0.1) is 0 Å². The number of hydrogen-bond donors (Lipinski definition) is 0. The quantitative estimate of drug-likeness (QED) is 0.605. The summed E-state index contributed by atoms with van der Waals surface area (Å²) in [7, 11) is 1.71. The van der Waals surface area contributed by atoms with E-state index < -0.39 is 0 Å². The molecule has 1 aromatic carbocycles. The van der Waals surface area contributed by atoms with E-state index in [9.17, 15) is 0 Å². The Morgan fingerprint density at radius 2 is 2.43 bits per heavy atom. The molecule has 2 atom stereocenters. The van der Waals surface area contributed by atoms with E-state index in [2.05, 4.69) is 33.0 Å². The summed E-state index contributed by atoms with van der Waals surface area (Å²) in [5, 5.41) is 1.08. The first-order chi connectivity index (χ1) is 6.83. The Morgan fingerprint density at radius 3 is 3.07 bits per heavy atom. The van der Waals surface area contributed by atoms with E-state index in [-0.39, 0.29) is 0 Å². The topological polar surface area (TPSA) is 12.2 Å². The van der Waals surface area contributed by atoms with Gasteiger partial charge in [-0.05, 0) is 17.7 Å². The first-order valence-corrected chi connectivity index (χ1v) is 5.88. The van der Waals surface area contributed by atoms with Crippen LogP contribution >= 0.6 is 15.9 Å². The van der Waals surface area contributed by atoms with Crippen LogP contribution < -0.4 is 4.74 Å². The normalized spacial score (nSPS) is 24.7. The molecule has 0 radical (unpaired) electrons. The van der Waals surface area contributed by atoms with Gasteiger partial charge in [-0.2, -0.15) is 0 Å². The molecule has 3 heteroatoms. The number of benzene rings is 1. The van der Waals surface area contributed by atoms with Gasteiger partial charge in [-0.1, -0.05) is 28.1 Å². The lowest BCUT2D eigenvalue weighted by Crippen LogP contribution is -2.02. The predicted molar refractivity (Wildman–Crippen MR) is 61.0 cm³/mol. The van der Waals surface area contributed by atoms with E-state index in [0.717, 1.165) is 23.7 Å². The number of nitrogens with zero attached hydrogens (tertiary/aromatic N) is 1. The first kappa shape index (κ1) is 9.99. The van der Waals surface area contributed by atoms with Crippen LogP contribution in [0.15, 0.2) is 24.3 Å². The molecule has 2 nitrogen and oxygen atoms in total. The fourth-order valence-corrected chi connectivity index (χ4v) is 2.18. The van der Waals surface area contributed by atoms with Crippen molar-refractivity contribution in [2.45, 2.75) is 12.6 Å². The molecule has 0 spiro atoms. The lowest BCUT2D eigenvalue weighted by Gasteiger charge is -2.05. The molecule has 14 heavy (non-hydrogen) atoms. The Balaban J connectivity index is 1.96. The summed E-state index contributed by atoms with van der Waals surface area (Å²) in [5.41, 5.74) is 1.33. The highest BCUT2D eigenvalue weighted by Crippen LogP contribution is 2.23. The Morgan fingerprint density at radius 1 is 1.57 bits per heavy atom. The van der Waals surface area contributed by atoms with Gasteiger partial charge in [0.05, 0.1) is 7.11 Å². The second-order valence-corrected chi connectivity index (χ2v) is 4.24. The predicted octanol–water partition coefficient (Wildman–Crippen LogP) is 2.27. The second kappa shape index (κ2) is 4.32. The minimum absolute atomic E-state index is 0.737. The summed E-state index contributed by atoms with van der Waals surface area (Å²) >= 11 is 3.49. The van der Waals surface area contributed by atoms with Gasteiger partial charge in [0.1, 0.15) is 5.75 Å². The minimum atomic E-state index is 0.737. The summed E-state index contributed by atoms with van der Waals surface area (Å²) in [4.78, 5) is 2.43. The summed E-state index contributed by atoms with van der Waals surface area (Å²) in [6.45, 7) is 2.25. The maximum atomic E-state index is 5.18. The highest BCUT2D eigenvalue weighted by molar-refractivity contribution is 9.09. The molecule has 0 bridgehead atoms. The average Bonchev–Trinajstić information content (AvgIpc) is 2.97. The van der Waals surface area contributed by atoms with Crippen LogP contribution in [0.1, 0.15) is 5.56 Å². The third kappa shape index (κ3) is 2.28. The molecule has 1 fully saturated rings. The molecule has 0 N–H and O–H groups in total. The van der Waals surface area contributed by atoms with Crippen LogP contribution in [0, 0.1) is 0 Å². The molecule has 2 rings (SSSR count). The summed E-state index contributed by atoms with van der Waals surface area (Å²) in [6.07, 6.45) is 0. The lowest BCUT2D eigenvalue weighted by atomic mass is 10.2. The number of ether oxygens (including phenoxy) is 1. The van der Waals surface area contributed by atoms with Crippen LogP contribution in [0.5, 0.6) is 5.75 Å². The van der Waals surface area contributed by atoms with E-state index in [1.54, 1.807) is 7.11 Å². The third-order valence-electron chi connectivity index (χ3n) is 2.53. The fraction of sp³-hybridized carbons (Fsp3) is 0.455. The molecular formula is C11H14BrNO. The van der Waals surface area contributed by atoms with Crippen LogP contribution in [0.3, 0.4) is 0 Å². The van der Waals surface area contributed by atoms with Crippen LogP contribution in [0.2, 0.25) is 0 Å². The first-order valence-electron chi connectivity index (χ1n) is 4.76. The number of alkyl halides is 1. The Bertz CT molecular complexity index is 316. The number of halogens is 1. The maximum absolute atomic E-state index is 5.18. The van der Waals surface area contributed by atoms with Gasteiger partial charge in [0, 0.05) is 24.5 Å². The van der Waals surface area contributed by atoms with Crippen LogP contribution in [-0.2, 0) is 6.54 Å². The van der Waals surface area contributed by atoms with Gasteiger partial charge in [-0.3, -0.25) is 4.90 Å². The van der Waals surface area contributed by atoms with Gasteiger partial charge in [-0.25, -0.2) is 0 Å². The van der Waals surface area contributed by atoms with Crippen molar-refractivity contribution in [3.63, 3.8) is 0 Å². The van der Waals surface area contributed by atoms with E-state index >= 15 is 0 Å². The lowest BCUT2D eigenvalue weighted by molar-refractivity contribution is 0.413. The minimum Gasteiger partial charge on any atom is -0.497 e. The molecule has 1 aliphatic rings. The van der Waals surface area contributed by atoms with Crippen LogP contribution in [-0.4, -0.2) is 29.9 Å². The summed E-state index contributed by atoms with van der Waals surface area (Å²) in [6, 6.07) is 9.01. The molecule has 0 aliphatic carbocycles. The molecular weight excluding hydrogens is 242 g/mol. The zero-order valence-electron chi connectivity index (χ0n) is 8.24. The van der Waals surface area contributed by atoms with Crippen molar-refractivity contribution in [1.29, 1.82) is 0 Å². The number of rotatable bonds is 4. The van der Waals surface area contributed by atoms with Gasteiger partial charge in [0.15, 0.2) is 0 Å². The SMILES string of the molecule is COc1cccc(CN2CC2CBr)c1. The van der Waals surface area contributed by atoms with Gasteiger partial charge in [0.2, 0.25) is 0 Å². The van der Waals surface area contributed by atoms with Crippen molar-refractivity contribution < 1.29 is 4.74 Å². The smallest absolute Gasteiger partial charge is 0.119 e. The van der Waals surface area contributed by atoms with Gasteiger partial charge >= 0.3 is 0 Å². The molecule has 0 aromatic heterocycles. The van der Waals surface area contributed by atoms with E-state index in [1.165, 1.54) is 12.1 Å². The Hall–Kier alpha value is -0.540. The van der Waals surface area contributed by atoms with Crippen molar-refractivity contribution in [1.82, 2.24) is 4.90 Å². The van der Waals surface area contributed by atoms with E-state index in [4.69, 9.17) is 4.74 Å². The molecule has 1 saturated heterocycles. The number of hydrogen-bond acceptors (Lipinski definition) is 2. The van der Waals surface area contributed by atoms with Gasteiger partial charge in [0.25, 0.3) is 0 Å². The van der Waals surface area contributed by atoms with Crippen LogP contribution in [0.4, 0.5) is 0 Å². The molecule has 0 amide bonds. The van der Waals surface area contributed by atoms with Crippen molar-refractivity contribution in [3.8, 4) is 5.75 Å². The molecule has 76 valence electrons. The number of methoxy groups -OCH3 is 1. The largest absolute Gasteiger partial charge is 0.497 e. The van der Waals surface area contributed by atoms with Crippen molar-refractivity contribution in [3.05, 3.63) is 29.8 Å². The summed E-state index contributed by atoms with van der Waals surface area (Å²) in [5.74, 6) is 0.944. The highest BCUT2D eigenvalue weighted by atomic mass is 79.9. The van der Waals surface area contributed by atoms with Crippen LogP contribution in [0.25, 0.3) is 0 Å². The maximum Gasteiger partial charge on any atom is 0.119 e. The molecule has 1 aliphatic heterocycles. The molecule has 1 aromatic rings. The monoisotopic (exact) mass is 255 g/mol. The fourth-order valence-electron chi connectivity index (χ4n) is 1.57.